The van der Waals surface area contributed by atoms with Gasteiger partial charge in [-0.25, -0.2) is 0 Å². The number of hydrogen-bond donors (Lipinski definition) is 2. The van der Waals surface area contributed by atoms with Crippen molar-refractivity contribution < 1.29 is 4.79 Å². The molecule has 3 heteroatoms. The van der Waals surface area contributed by atoms with E-state index in [1.807, 2.05) is 0 Å². The van der Waals surface area contributed by atoms with Crippen LogP contribution in [0.3, 0.4) is 0 Å². The van der Waals surface area contributed by atoms with Gasteiger partial charge in [0.1, 0.15) is 0 Å². The fourth-order valence-corrected chi connectivity index (χ4v) is 2.38. The molecule has 2 unspecified atom stereocenters. The van der Waals surface area contributed by atoms with E-state index in [2.05, 4.69) is 24.5 Å². The number of amides is 1. The molecule has 15 heavy (non-hydrogen) atoms. The third kappa shape index (κ3) is 2.94. The van der Waals surface area contributed by atoms with Crippen LogP contribution in [0.1, 0.15) is 39.5 Å². The van der Waals surface area contributed by atoms with Crippen LogP contribution in [-0.2, 0) is 4.79 Å². The molecule has 2 aliphatic rings. The molecular weight excluding hydrogens is 188 g/mol. The van der Waals surface area contributed by atoms with Crippen LogP contribution in [0, 0.1) is 11.3 Å². The summed E-state index contributed by atoms with van der Waals surface area (Å²) in [6, 6.07) is 0.406. The van der Waals surface area contributed by atoms with Crippen LogP contribution in [0.2, 0.25) is 0 Å². The van der Waals surface area contributed by atoms with Crippen molar-refractivity contribution in [3.63, 3.8) is 0 Å². The quantitative estimate of drug-likeness (QED) is 0.737. The lowest BCUT2D eigenvalue weighted by Gasteiger charge is -2.15. The fourth-order valence-electron chi connectivity index (χ4n) is 2.38. The van der Waals surface area contributed by atoms with Crippen LogP contribution in [0.5, 0.6) is 0 Å². The molecule has 1 heterocycles. The first kappa shape index (κ1) is 10.9. The molecule has 0 aromatic rings. The SMILES string of the molecule is CC1(C)CC1CNC1CCCNC(=O)C1. The van der Waals surface area contributed by atoms with Crippen molar-refractivity contribution in [2.24, 2.45) is 11.3 Å². The van der Waals surface area contributed by atoms with E-state index in [1.165, 1.54) is 6.42 Å². The van der Waals surface area contributed by atoms with Crippen LogP contribution in [0.15, 0.2) is 0 Å². The molecule has 1 saturated carbocycles. The molecule has 2 N–H and O–H groups in total. The summed E-state index contributed by atoms with van der Waals surface area (Å²) in [6.45, 7) is 6.58. The highest BCUT2D eigenvalue weighted by Gasteiger charge is 2.45. The molecule has 86 valence electrons. The van der Waals surface area contributed by atoms with E-state index in [4.69, 9.17) is 0 Å². The van der Waals surface area contributed by atoms with Gasteiger partial charge in [0.25, 0.3) is 0 Å². The van der Waals surface area contributed by atoms with Gasteiger partial charge in [0.2, 0.25) is 5.91 Å². The van der Waals surface area contributed by atoms with E-state index in [0.717, 1.165) is 31.8 Å². The van der Waals surface area contributed by atoms with Crippen molar-refractivity contribution in [2.75, 3.05) is 13.1 Å². The molecule has 0 bridgehead atoms. The number of carbonyl (C=O) groups is 1. The summed E-state index contributed by atoms with van der Waals surface area (Å²) < 4.78 is 0. The van der Waals surface area contributed by atoms with Gasteiger partial charge in [0.15, 0.2) is 0 Å². The standard InChI is InChI=1S/C12H22N2O/c1-12(2)7-9(12)8-14-10-4-3-5-13-11(15)6-10/h9-10,14H,3-8H2,1-2H3,(H,13,15). The monoisotopic (exact) mass is 210 g/mol. The van der Waals surface area contributed by atoms with Crippen molar-refractivity contribution in [2.45, 2.75) is 45.6 Å². The lowest BCUT2D eigenvalue weighted by atomic mass is 10.1. The maximum absolute atomic E-state index is 11.3. The van der Waals surface area contributed by atoms with Crippen LogP contribution in [-0.4, -0.2) is 25.0 Å². The highest BCUT2D eigenvalue weighted by Crippen LogP contribution is 2.51. The second-order valence-electron chi connectivity index (χ2n) is 5.69. The summed E-state index contributed by atoms with van der Waals surface area (Å²) in [5, 5.41) is 6.46. The molecule has 1 amide bonds. The number of nitrogens with one attached hydrogen (secondary N) is 2. The number of hydrogen-bond acceptors (Lipinski definition) is 2. The van der Waals surface area contributed by atoms with Crippen LogP contribution >= 0.6 is 0 Å². The van der Waals surface area contributed by atoms with Gasteiger partial charge in [0.05, 0.1) is 0 Å². The van der Waals surface area contributed by atoms with Gasteiger partial charge in [-0.05, 0) is 37.1 Å². The Morgan fingerprint density at radius 2 is 2.27 bits per heavy atom. The minimum Gasteiger partial charge on any atom is -0.356 e. The Morgan fingerprint density at radius 3 is 2.93 bits per heavy atom. The predicted molar refractivity (Wildman–Crippen MR) is 60.5 cm³/mol. The predicted octanol–water partition coefficient (Wildman–Crippen LogP) is 1.29. The van der Waals surface area contributed by atoms with Crippen molar-refractivity contribution in [3.05, 3.63) is 0 Å². The van der Waals surface area contributed by atoms with E-state index in [1.54, 1.807) is 0 Å². The Bertz CT molecular complexity index is 250. The zero-order valence-corrected chi connectivity index (χ0v) is 9.81. The molecule has 1 aliphatic carbocycles. The molecule has 3 nitrogen and oxygen atoms in total. The van der Waals surface area contributed by atoms with Crippen LogP contribution in [0.4, 0.5) is 0 Å². The van der Waals surface area contributed by atoms with E-state index in [0.29, 0.717) is 17.9 Å². The number of rotatable bonds is 3. The third-order valence-electron chi connectivity index (χ3n) is 3.85. The molecule has 0 aromatic carbocycles. The molecule has 2 fully saturated rings. The lowest BCUT2D eigenvalue weighted by molar-refractivity contribution is -0.121. The second kappa shape index (κ2) is 4.12. The average molecular weight is 210 g/mol. The minimum atomic E-state index is 0.208. The normalized spacial score (nSPS) is 34.4. The Labute approximate surface area is 92.0 Å². The average Bonchev–Trinajstić information content (AvgIpc) is 2.81. The van der Waals surface area contributed by atoms with Gasteiger partial charge < -0.3 is 10.6 Å². The molecule has 0 radical (unpaired) electrons. The van der Waals surface area contributed by atoms with Gasteiger partial charge in [0, 0.05) is 19.0 Å². The summed E-state index contributed by atoms with van der Waals surface area (Å²) >= 11 is 0. The first-order valence-corrected chi connectivity index (χ1v) is 6.08. The van der Waals surface area contributed by atoms with Gasteiger partial charge in [-0.2, -0.15) is 0 Å². The van der Waals surface area contributed by atoms with Gasteiger partial charge in [-0.1, -0.05) is 13.8 Å². The van der Waals surface area contributed by atoms with Crippen molar-refractivity contribution in [3.8, 4) is 0 Å². The molecule has 1 aliphatic heterocycles. The fraction of sp³-hybridized carbons (Fsp3) is 0.917. The topological polar surface area (TPSA) is 41.1 Å². The largest absolute Gasteiger partial charge is 0.356 e. The lowest BCUT2D eigenvalue weighted by Crippen LogP contribution is -2.34. The summed E-state index contributed by atoms with van der Waals surface area (Å²) in [7, 11) is 0. The maximum Gasteiger partial charge on any atom is 0.221 e. The Kier molecular flexibility index (Phi) is 3.01. The van der Waals surface area contributed by atoms with E-state index in [9.17, 15) is 4.79 Å². The summed E-state index contributed by atoms with van der Waals surface area (Å²) in [5.41, 5.74) is 0.542. The van der Waals surface area contributed by atoms with Crippen LogP contribution < -0.4 is 10.6 Å². The van der Waals surface area contributed by atoms with Crippen molar-refractivity contribution >= 4 is 5.91 Å². The van der Waals surface area contributed by atoms with Gasteiger partial charge >= 0.3 is 0 Å². The maximum atomic E-state index is 11.3. The summed E-state index contributed by atoms with van der Waals surface area (Å²) in [4.78, 5) is 11.3. The second-order valence-corrected chi connectivity index (χ2v) is 5.69. The molecule has 0 aromatic heterocycles. The Balaban J connectivity index is 1.72. The third-order valence-corrected chi connectivity index (χ3v) is 3.85. The zero-order valence-electron chi connectivity index (χ0n) is 9.81. The molecule has 0 spiro atoms. The van der Waals surface area contributed by atoms with Crippen molar-refractivity contribution in [1.29, 1.82) is 0 Å². The zero-order chi connectivity index (χ0) is 10.9. The van der Waals surface area contributed by atoms with E-state index >= 15 is 0 Å². The smallest absolute Gasteiger partial charge is 0.221 e. The molecule has 2 atom stereocenters. The first-order chi connectivity index (χ1) is 7.08. The summed E-state index contributed by atoms with van der Waals surface area (Å²) in [5.74, 6) is 1.03. The minimum absolute atomic E-state index is 0.208. The molecule has 1 saturated heterocycles. The van der Waals surface area contributed by atoms with E-state index in [-0.39, 0.29) is 5.91 Å². The molecular formula is C12H22N2O. The highest BCUT2D eigenvalue weighted by atomic mass is 16.1. The molecule has 2 rings (SSSR count). The number of carbonyl (C=O) groups excluding carboxylic acids is 1. The Hall–Kier alpha value is -0.570. The highest BCUT2D eigenvalue weighted by molar-refractivity contribution is 5.76. The first-order valence-electron chi connectivity index (χ1n) is 6.08. The van der Waals surface area contributed by atoms with Gasteiger partial charge in [-0.3, -0.25) is 4.79 Å². The van der Waals surface area contributed by atoms with E-state index < -0.39 is 0 Å². The Morgan fingerprint density at radius 1 is 1.53 bits per heavy atom. The summed E-state index contributed by atoms with van der Waals surface area (Å²) in [6.07, 6.45) is 4.23. The van der Waals surface area contributed by atoms with Gasteiger partial charge in [-0.15, -0.1) is 0 Å². The van der Waals surface area contributed by atoms with Crippen molar-refractivity contribution in [1.82, 2.24) is 10.6 Å². The van der Waals surface area contributed by atoms with Crippen LogP contribution in [0.25, 0.3) is 0 Å².